The zero-order valence-corrected chi connectivity index (χ0v) is 16.9. The van der Waals surface area contributed by atoms with Crippen molar-refractivity contribution in [3.05, 3.63) is 50.5 Å². The number of halogens is 1. The highest BCUT2D eigenvalue weighted by molar-refractivity contribution is 7.18. The fourth-order valence-electron chi connectivity index (χ4n) is 3.07. The van der Waals surface area contributed by atoms with Gasteiger partial charge in [-0.1, -0.05) is 24.6 Å². The number of thiophene rings is 1. The van der Waals surface area contributed by atoms with Gasteiger partial charge in [-0.25, -0.2) is 4.98 Å². The lowest BCUT2D eigenvalue weighted by Gasteiger charge is -2.16. The van der Waals surface area contributed by atoms with Crippen LogP contribution in [0.5, 0.6) is 0 Å². The van der Waals surface area contributed by atoms with Crippen LogP contribution in [0.4, 0.5) is 10.8 Å². The Kier molecular flexibility index (Phi) is 4.99. The van der Waals surface area contributed by atoms with Crippen molar-refractivity contribution in [2.24, 2.45) is 0 Å². The molecule has 0 spiro atoms. The van der Waals surface area contributed by atoms with E-state index in [1.54, 1.807) is 12.1 Å². The van der Waals surface area contributed by atoms with Gasteiger partial charge < -0.3 is 4.90 Å². The number of amides is 2. The third-order valence-corrected chi connectivity index (χ3v) is 6.38. The minimum atomic E-state index is -0.213. The Morgan fingerprint density at radius 2 is 2.15 bits per heavy atom. The van der Waals surface area contributed by atoms with Crippen molar-refractivity contribution >= 4 is 56.9 Å². The van der Waals surface area contributed by atoms with Crippen molar-refractivity contribution in [1.82, 2.24) is 4.98 Å². The van der Waals surface area contributed by atoms with Crippen LogP contribution in [0.15, 0.2) is 35.7 Å². The molecule has 1 aliphatic heterocycles. The highest BCUT2D eigenvalue weighted by atomic mass is 35.5. The van der Waals surface area contributed by atoms with E-state index in [0.717, 1.165) is 35.5 Å². The predicted octanol–water partition coefficient (Wildman–Crippen LogP) is 5.08. The van der Waals surface area contributed by atoms with Gasteiger partial charge in [0.25, 0.3) is 5.91 Å². The molecule has 8 heteroatoms. The van der Waals surface area contributed by atoms with E-state index in [-0.39, 0.29) is 11.8 Å². The molecule has 3 heterocycles. The lowest BCUT2D eigenvalue weighted by atomic mass is 10.1. The molecule has 138 valence electrons. The van der Waals surface area contributed by atoms with E-state index in [4.69, 9.17) is 11.6 Å². The quantitative estimate of drug-likeness (QED) is 0.644. The van der Waals surface area contributed by atoms with E-state index in [9.17, 15) is 9.59 Å². The van der Waals surface area contributed by atoms with Gasteiger partial charge in [0.05, 0.1) is 14.9 Å². The van der Waals surface area contributed by atoms with Crippen molar-refractivity contribution in [1.29, 1.82) is 0 Å². The molecule has 0 saturated heterocycles. The summed E-state index contributed by atoms with van der Waals surface area (Å²) in [5.74, 6) is -0.0655. The van der Waals surface area contributed by atoms with Gasteiger partial charge in [-0.05, 0) is 36.2 Å². The molecule has 0 aliphatic carbocycles. The first-order chi connectivity index (χ1) is 13.0. The second-order valence-corrected chi connectivity index (χ2v) is 8.66. The molecular weight excluding hydrogens is 402 g/mol. The van der Waals surface area contributed by atoms with Crippen LogP contribution in [-0.2, 0) is 11.2 Å². The van der Waals surface area contributed by atoms with Crippen LogP contribution in [-0.4, -0.2) is 23.3 Å². The smallest absolute Gasteiger partial charge is 0.267 e. The van der Waals surface area contributed by atoms with Crippen LogP contribution < -0.4 is 10.2 Å². The zero-order chi connectivity index (χ0) is 19.0. The molecule has 1 aliphatic rings. The van der Waals surface area contributed by atoms with Crippen LogP contribution in [0.2, 0.25) is 4.34 Å². The second kappa shape index (κ2) is 7.42. The first kappa shape index (κ1) is 18.2. The zero-order valence-electron chi connectivity index (χ0n) is 14.5. The molecule has 27 heavy (non-hydrogen) atoms. The normalized spacial score (nSPS) is 12.9. The summed E-state index contributed by atoms with van der Waals surface area (Å²) in [4.78, 5) is 31.2. The molecule has 0 saturated carbocycles. The van der Waals surface area contributed by atoms with Crippen LogP contribution in [0.25, 0.3) is 11.3 Å². The maximum atomic E-state index is 12.2. The maximum absolute atomic E-state index is 12.2. The maximum Gasteiger partial charge on any atom is 0.267 e. The largest absolute Gasteiger partial charge is 0.312 e. The lowest BCUT2D eigenvalue weighted by Crippen LogP contribution is -2.27. The molecule has 0 bridgehead atoms. The minimum Gasteiger partial charge on any atom is -0.312 e. The van der Waals surface area contributed by atoms with E-state index in [1.165, 1.54) is 22.7 Å². The molecule has 5 nitrogen and oxygen atoms in total. The fourth-order valence-corrected chi connectivity index (χ4v) is 4.72. The molecule has 0 atom stereocenters. The molecule has 1 N–H and O–H groups in total. The molecule has 4 rings (SSSR count). The number of hydrogen-bond acceptors (Lipinski definition) is 5. The Labute approximate surface area is 169 Å². The summed E-state index contributed by atoms with van der Waals surface area (Å²) in [6, 6.07) is 9.43. The number of thiazole rings is 1. The summed E-state index contributed by atoms with van der Waals surface area (Å²) in [6.07, 6.45) is 1.35. The van der Waals surface area contributed by atoms with Crippen molar-refractivity contribution in [3.8, 4) is 11.3 Å². The number of nitrogens with zero attached hydrogens (tertiary/aromatic N) is 2. The van der Waals surface area contributed by atoms with E-state index in [2.05, 4.69) is 16.4 Å². The molecule has 3 aromatic rings. The Morgan fingerprint density at radius 3 is 2.89 bits per heavy atom. The average Bonchev–Trinajstić information content (AvgIpc) is 3.39. The van der Waals surface area contributed by atoms with Gasteiger partial charge in [0, 0.05) is 29.6 Å². The Hall–Kier alpha value is -2.22. The Balaban J connectivity index is 1.52. The number of nitrogens with one attached hydrogen (secondary N) is 1. The van der Waals surface area contributed by atoms with Gasteiger partial charge in [0.15, 0.2) is 5.13 Å². The molecule has 1 aromatic carbocycles. The highest BCUT2D eigenvalue weighted by Gasteiger charge is 2.24. The van der Waals surface area contributed by atoms with E-state index < -0.39 is 0 Å². The fraction of sp³-hybridized carbons (Fsp3) is 0.211. The third kappa shape index (κ3) is 3.63. The number of anilines is 2. The second-order valence-electron chi connectivity index (χ2n) is 6.09. The van der Waals surface area contributed by atoms with Gasteiger partial charge in [-0.15, -0.1) is 22.7 Å². The van der Waals surface area contributed by atoms with Crippen molar-refractivity contribution in [3.63, 3.8) is 0 Å². The minimum absolute atomic E-state index is 0.147. The first-order valence-corrected chi connectivity index (χ1v) is 10.6. The summed E-state index contributed by atoms with van der Waals surface area (Å²) < 4.78 is 0.578. The predicted molar refractivity (Wildman–Crippen MR) is 111 cm³/mol. The van der Waals surface area contributed by atoms with Crippen molar-refractivity contribution in [2.45, 2.75) is 19.8 Å². The average molecular weight is 418 g/mol. The Morgan fingerprint density at radius 1 is 1.30 bits per heavy atom. The number of hydrogen-bond donors (Lipinski definition) is 1. The molecule has 0 fully saturated rings. The van der Waals surface area contributed by atoms with Gasteiger partial charge in [0.1, 0.15) is 0 Å². The third-order valence-electron chi connectivity index (χ3n) is 4.40. The molecular formula is C19H16ClN3O2S2. The van der Waals surface area contributed by atoms with Crippen LogP contribution in [0, 0.1) is 0 Å². The van der Waals surface area contributed by atoms with Crippen LogP contribution >= 0.6 is 34.3 Å². The number of carbonyl (C=O) groups excluding carboxylic acids is 2. The van der Waals surface area contributed by atoms with Gasteiger partial charge in [0.2, 0.25) is 5.91 Å². The number of aromatic nitrogens is 1. The van der Waals surface area contributed by atoms with Gasteiger partial charge >= 0.3 is 0 Å². The number of carbonyl (C=O) groups is 2. The van der Waals surface area contributed by atoms with Crippen molar-refractivity contribution in [2.75, 3.05) is 16.8 Å². The van der Waals surface area contributed by atoms with E-state index in [1.807, 2.05) is 29.3 Å². The summed E-state index contributed by atoms with van der Waals surface area (Å²) in [7, 11) is 0. The summed E-state index contributed by atoms with van der Waals surface area (Å²) in [6.45, 7) is 2.61. The summed E-state index contributed by atoms with van der Waals surface area (Å²) >= 11 is 8.49. The van der Waals surface area contributed by atoms with Gasteiger partial charge in [-0.3, -0.25) is 14.9 Å². The van der Waals surface area contributed by atoms with E-state index in [0.29, 0.717) is 20.8 Å². The number of benzene rings is 1. The topological polar surface area (TPSA) is 62.3 Å². The molecule has 2 aromatic heterocycles. The first-order valence-electron chi connectivity index (χ1n) is 8.51. The van der Waals surface area contributed by atoms with Crippen LogP contribution in [0.3, 0.4) is 0 Å². The molecule has 0 radical (unpaired) electrons. The summed E-state index contributed by atoms with van der Waals surface area (Å²) in [5, 5.41) is 5.27. The van der Waals surface area contributed by atoms with Crippen molar-refractivity contribution < 1.29 is 9.59 Å². The SMILES string of the molecule is CCC(=O)N1CCc2cc(-c3csc(NC(=O)c4ccc(Cl)s4)n3)ccc21. The molecule has 2 amide bonds. The number of rotatable bonds is 4. The number of fused-ring (bicyclic) bond motifs is 1. The van der Waals surface area contributed by atoms with E-state index >= 15 is 0 Å². The highest BCUT2D eigenvalue weighted by Crippen LogP contribution is 2.34. The standard InChI is InChI=1S/C19H16ClN3O2S2/c1-2-17(24)23-8-7-12-9-11(3-4-14(12)23)13-10-26-19(21-13)22-18(25)15-5-6-16(20)27-15/h3-6,9-10H,2,7-8H2,1H3,(H,21,22,25). The Bertz CT molecular complexity index is 1030. The molecule has 0 unspecified atom stereocenters. The van der Waals surface area contributed by atoms with Gasteiger partial charge in [-0.2, -0.15) is 0 Å². The van der Waals surface area contributed by atoms with Crippen LogP contribution in [0.1, 0.15) is 28.6 Å². The lowest BCUT2D eigenvalue weighted by molar-refractivity contribution is -0.118. The monoisotopic (exact) mass is 417 g/mol. The summed E-state index contributed by atoms with van der Waals surface area (Å²) in [5.41, 5.74) is 3.93.